The van der Waals surface area contributed by atoms with Crippen LogP contribution in [0.5, 0.6) is 5.75 Å². The van der Waals surface area contributed by atoms with Crippen molar-refractivity contribution in [3.8, 4) is 5.75 Å². The van der Waals surface area contributed by atoms with Crippen LogP contribution in [-0.4, -0.2) is 30.6 Å². The maximum absolute atomic E-state index is 5.71. The van der Waals surface area contributed by atoms with Crippen LogP contribution in [0, 0.1) is 5.92 Å². The number of pyridine rings is 1. The number of guanidine groups is 1. The van der Waals surface area contributed by atoms with Gasteiger partial charge in [0.2, 0.25) is 0 Å². The van der Waals surface area contributed by atoms with Gasteiger partial charge in [-0.25, -0.2) is 0 Å². The fourth-order valence-corrected chi connectivity index (χ4v) is 1.28. The Kier molecular flexibility index (Phi) is 6.61. The highest BCUT2D eigenvalue weighted by Gasteiger charge is 1.95. The Bertz CT molecular complexity index is 351. The normalized spacial score (nSPS) is 11.6. The van der Waals surface area contributed by atoms with Crippen molar-refractivity contribution in [2.24, 2.45) is 16.6 Å². The minimum Gasteiger partial charge on any atom is -0.490 e. The molecule has 0 saturated heterocycles. The van der Waals surface area contributed by atoms with E-state index < -0.39 is 0 Å². The summed E-state index contributed by atoms with van der Waals surface area (Å²) in [7, 11) is 0. The molecule has 0 radical (unpaired) electrons. The van der Waals surface area contributed by atoms with Gasteiger partial charge in [-0.1, -0.05) is 13.8 Å². The number of nitrogens with one attached hydrogen (secondary N) is 1. The Labute approximate surface area is 108 Å². The van der Waals surface area contributed by atoms with Gasteiger partial charge in [0.15, 0.2) is 5.96 Å². The van der Waals surface area contributed by atoms with E-state index in [9.17, 15) is 0 Å². The lowest BCUT2D eigenvalue weighted by atomic mass is 10.1. The fraction of sp³-hybridized carbons (Fsp3) is 0.538. The molecule has 5 heteroatoms. The summed E-state index contributed by atoms with van der Waals surface area (Å²) in [6, 6.07) is 3.71. The molecule has 0 aliphatic rings. The van der Waals surface area contributed by atoms with Crippen molar-refractivity contribution in [1.82, 2.24) is 10.3 Å². The molecule has 0 aromatic carbocycles. The van der Waals surface area contributed by atoms with Crippen molar-refractivity contribution in [3.05, 3.63) is 24.5 Å². The SMILES string of the molecule is CC(C)CCN=C(N)NCCOc1cccnc1. The Balaban J connectivity index is 2.10. The lowest BCUT2D eigenvalue weighted by molar-refractivity contribution is 0.321. The highest BCUT2D eigenvalue weighted by molar-refractivity contribution is 5.77. The molecule has 0 bridgehead atoms. The molecule has 0 aliphatic heterocycles. The molecular weight excluding hydrogens is 228 g/mol. The highest BCUT2D eigenvalue weighted by atomic mass is 16.5. The van der Waals surface area contributed by atoms with Gasteiger partial charge in [-0.05, 0) is 24.5 Å². The quantitative estimate of drug-likeness (QED) is 0.436. The van der Waals surface area contributed by atoms with E-state index in [0.29, 0.717) is 25.0 Å². The second kappa shape index (κ2) is 8.33. The fourth-order valence-electron chi connectivity index (χ4n) is 1.28. The third kappa shape index (κ3) is 6.73. The van der Waals surface area contributed by atoms with Crippen LogP contribution in [0.3, 0.4) is 0 Å². The van der Waals surface area contributed by atoms with E-state index in [4.69, 9.17) is 10.5 Å². The monoisotopic (exact) mass is 250 g/mol. The predicted octanol–water partition coefficient (Wildman–Crippen LogP) is 1.41. The van der Waals surface area contributed by atoms with Gasteiger partial charge in [-0.15, -0.1) is 0 Å². The summed E-state index contributed by atoms with van der Waals surface area (Å²) in [5.41, 5.74) is 5.71. The smallest absolute Gasteiger partial charge is 0.188 e. The maximum atomic E-state index is 5.71. The predicted molar refractivity (Wildman–Crippen MR) is 73.7 cm³/mol. The number of nitrogens with two attached hydrogens (primary N) is 1. The average Bonchev–Trinajstić information content (AvgIpc) is 2.35. The van der Waals surface area contributed by atoms with Crippen LogP contribution in [0.15, 0.2) is 29.5 Å². The van der Waals surface area contributed by atoms with E-state index in [0.717, 1.165) is 18.7 Å². The minimum atomic E-state index is 0.477. The zero-order chi connectivity index (χ0) is 13.2. The number of aromatic nitrogens is 1. The van der Waals surface area contributed by atoms with E-state index in [1.165, 1.54) is 0 Å². The van der Waals surface area contributed by atoms with Gasteiger partial charge < -0.3 is 15.8 Å². The van der Waals surface area contributed by atoms with E-state index in [2.05, 4.69) is 29.1 Å². The maximum Gasteiger partial charge on any atom is 0.188 e. The molecule has 0 unspecified atom stereocenters. The molecule has 0 atom stereocenters. The lowest BCUT2D eigenvalue weighted by Gasteiger charge is -2.08. The summed E-state index contributed by atoms with van der Waals surface area (Å²) in [6.45, 7) is 6.26. The van der Waals surface area contributed by atoms with Crippen LogP contribution in [-0.2, 0) is 0 Å². The first-order chi connectivity index (χ1) is 8.68. The molecule has 0 aliphatic carbocycles. The van der Waals surface area contributed by atoms with Gasteiger partial charge in [0.1, 0.15) is 12.4 Å². The number of aliphatic imine (C=N–C) groups is 1. The molecule has 3 N–H and O–H groups in total. The number of hydrogen-bond acceptors (Lipinski definition) is 3. The zero-order valence-electron chi connectivity index (χ0n) is 11.1. The molecule has 0 fully saturated rings. The van der Waals surface area contributed by atoms with Crippen molar-refractivity contribution in [3.63, 3.8) is 0 Å². The third-order valence-corrected chi connectivity index (χ3v) is 2.30. The van der Waals surface area contributed by atoms with Crippen LogP contribution in [0.4, 0.5) is 0 Å². The van der Waals surface area contributed by atoms with Crippen LogP contribution in [0.25, 0.3) is 0 Å². The molecule has 1 rings (SSSR count). The number of nitrogens with zero attached hydrogens (tertiary/aromatic N) is 2. The Morgan fingerprint density at radius 1 is 1.56 bits per heavy atom. The Morgan fingerprint density at radius 3 is 3.06 bits per heavy atom. The van der Waals surface area contributed by atoms with E-state index >= 15 is 0 Å². The van der Waals surface area contributed by atoms with Crippen LogP contribution in [0.2, 0.25) is 0 Å². The molecule has 0 spiro atoms. The molecule has 5 nitrogen and oxygen atoms in total. The molecule has 1 aromatic rings. The van der Waals surface area contributed by atoms with Crippen LogP contribution < -0.4 is 15.8 Å². The van der Waals surface area contributed by atoms with E-state index in [1.807, 2.05) is 12.1 Å². The second-order valence-electron chi connectivity index (χ2n) is 4.41. The highest BCUT2D eigenvalue weighted by Crippen LogP contribution is 2.04. The molecule has 1 heterocycles. The number of rotatable bonds is 7. The van der Waals surface area contributed by atoms with Gasteiger partial charge >= 0.3 is 0 Å². The lowest BCUT2D eigenvalue weighted by Crippen LogP contribution is -2.34. The van der Waals surface area contributed by atoms with E-state index in [-0.39, 0.29) is 0 Å². The van der Waals surface area contributed by atoms with Crippen molar-refractivity contribution in [2.45, 2.75) is 20.3 Å². The molecule has 0 amide bonds. The molecular formula is C13H22N4O. The van der Waals surface area contributed by atoms with Gasteiger partial charge in [0.05, 0.1) is 12.7 Å². The summed E-state index contributed by atoms with van der Waals surface area (Å²) in [4.78, 5) is 8.19. The molecule has 18 heavy (non-hydrogen) atoms. The van der Waals surface area contributed by atoms with Crippen molar-refractivity contribution < 1.29 is 4.74 Å². The number of hydrogen-bond donors (Lipinski definition) is 2. The molecule has 1 aromatic heterocycles. The topological polar surface area (TPSA) is 72.5 Å². The molecule has 0 saturated carbocycles. The third-order valence-electron chi connectivity index (χ3n) is 2.30. The molecule has 100 valence electrons. The first kappa shape index (κ1) is 14.3. The second-order valence-corrected chi connectivity index (χ2v) is 4.41. The van der Waals surface area contributed by atoms with Crippen molar-refractivity contribution in [1.29, 1.82) is 0 Å². The summed E-state index contributed by atoms with van der Waals surface area (Å²) in [5.74, 6) is 1.88. The van der Waals surface area contributed by atoms with E-state index in [1.54, 1.807) is 12.4 Å². The van der Waals surface area contributed by atoms with Gasteiger partial charge in [-0.2, -0.15) is 0 Å². The van der Waals surface area contributed by atoms with Gasteiger partial charge in [0, 0.05) is 12.7 Å². The summed E-state index contributed by atoms with van der Waals surface area (Å²) in [6.07, 6.45) is 4.44. The van der Waals surface area contributed by atoms with Crippen molar-refractivity contribution >= 4 is 5.96 Å². The summed E-state index contributed by atoms with van der Waals surface area (Å²) < 4.78 is 5.46. The zero-order valence-corrected chi connectivity index (χ0v) is 11.1. The first-order valence-electron chi connectivity index (χ1n) is 6.25. The van der Waals surface area contributed by atoms with Gasteiger partial charge in [0.25, 0.3) is 0 Å². The van der Waals surface area contributed by atoms with Gasteiger partial charge in [-0.3, -0.25) is 9.98 Å². The average molecular weight is 250 g/mol. The van der Waals surface area contributed by atoms with Crippen molar-refractivity contribution in [2.75, 3.05) is 19.7 Å². The standard InChI is InChI=1S/C13H22N4O/c1-11(2)5-7-16-13(14)17-8-9-18-12-4-3-6-15-10-12/h3-4,6,10-11H,5,7-9H2,1-2H3,(H3,14,16,17). The van der Waals surface area contributed by atoms with Crippen LogP contribution in [0.1, 0.15) is 20.3 Å². The van der Waals surface area contributed by atoms with Crippen LogP contribution >= 0.6 is 0 Å². The largest absolute Gasteiger partial charge is 0.490 e. The summed E-state index contributed by atoms with van der Waals surface area (Å²) >= 11 is 0. The Morgan fingerprint density at radius 2 is 2.39 bits per heavy atom. The first-order valence-corrected chi connectivity index (χ1v) is 6.25. The Hall–Kier alpha value is -1.78. The number of ether oxygens (including phenoxy) is 1. The summed E-state index contributed by atoms with van der Waals surface area (Å²) in [5, 5.41) is 3.01. The minimum absolute atomic E-state index is 0.477.